The van der Waals surface area contributed by atoms with E-state index in [1.807, 2.05) is 23.7 Å². The number of hydrogen-bond donors (Lipinski definition) is 1. The zero-order valence-corrected chi connectivity index (χ0v) is 21.7. The van der Waals surface area contributed by atoms with Crippen molar-refractivity contribution in [2.45, 2.75) is 38.3 Å². The molecule has 196 valence electrons. The van der Waals surface area contributed by atoms with E-state index >= 15 is 4.39 Å². The van der Waals surface area contributed by atoms with Crippen LogP contribution in [0.3, 0.4) is 0 Å². The molecule has 1 unspecified atom stereocenters. The first-order valence-electron chi connectivity index (χ1n) is 12.9. The van der Waals surface area contributed by atoms with E-state index < -0.39 is 11.4 Å². The van der Waals surface area contributed by atoms with Crippen molar-refractivity contribution in [3.05, 3.63) is 83.9 Å². The first-order chi connectivity index (χ1) is 18.2. The van der Waals surface area contributed by atoms with Crippen LogP contribution in [-0.4, -0.2) is 37.4 Å². The van der Waals surface area contributed by atoms with Crippen LogP contribution in [0.2, 0.25) is 0 Å². The number of fused-ring (bicyclic) bond motifs is 3. The number of benzene rings is 2. The molecule has 1 N–H and O–H groups in total. The summed E-state index contributed by atoms with van der Waals surface area (Å²) >= 11 is 0. The maximum atomic E-state index is 15.4. The smallest absolute Gasteiger partial charge is 0.130 e. The monoisotopic (exact) mass is 516 g/mol. The molecule has 0 saturated carbocycles. The largest absolute Gasteiger partial charge is 0.386 e. The lowest BCUT2D eigenvalue weighted by Gasteiger charge is -2.33. The van der Waals surface area contributed by atoms with Gasteiger partial charge in [-0.3, -0.25) is 4.98 Å². The summed E-state index contributed by atoms with van der Waals surface area (Å²) in [4.78, 5) is 9.08. The van der Waals surface area contributed by atoms with Crippen molar-refractivity contribution >= 4 is 21.9 Å². The molecule has 0 spiro atoms. The number of aliphatic hydroxyl groups is 1. The van der Waals surface area contributed by atoms with E-state index in [-0.39, 0.29) is 23.3 Å². The Morgan fingerprint density at radius 1 is 1.03 bits per heavy atom. The summed E-state index contributed by atoms with van der Waals surface area (Å²) < 4.78 is 39.2. The van der Waals surface area contributed by atoms with Crippen LogP contribution in [0.4, 0.5) is 8.78 Å². The normalized spacial score (nSPS) is 15.9. The molecule has 0 bridgehead atoms. The first-order valence-corrected chi connectivity index (χ1v) is 12.9. The number of hydrogen-bond acceptors (Lipinski definition) is 4. The second kappa shape index (κ2) is 9.29. The third kappa shape index (κ3) is 4.18. The number of ether oxygens (including phenoxy) is 1. The quantitative estimate of drug-likeness (QED) is 0.306. The fourth-order valence-corrected chi connectivity index (χ4v) is 5.79. The molecule has 4 heterocycles. The van der Waals surface area contributed by atoms with E-state index in [1.165, 1.54) is 18.2 Å². The molecular weight excluding hydrogens is 486 g/mol. The minimum absolute atomic E-state index is 0.178. The zero-order chi connectivity index (χ0) is 26.6. The topological polar surface area (TPSA) is 65.1 Å². The Bertz CT molecular complexity index is 1630. The van der Waals surface area contributed by atoms with E-state index in [2.05, 4.69) is 15.6 Å². The number of aryl methyl sites for hydroxylation is 1. The molecule has 3 aromatic heterocycles. The number of halogens is 2. The van der Waals surface area contributed by atoms with Gasteiger partial charge in [-0.25, -0.2) is 13.8 Å². The summed E-state index contributed by atoms with van der Waals surface area (Å²) in [6, 6.07) is 11.7. The maximum Gasteiger partial charge on any atom is 0.130 e. The van der Waals surface area contributed by atoms with Gasteiger partial charge >= 0.3 is 0 Å². The molecule has 38 heavy (non-hydrogen) atoms. The van der Waals surface area contributed by atoms with Gasteiger partial charge in [-0.2, -0.15) is 0 Å². The average Bonchev–Trinajstić information content (AvgIpc) is 3.45. The zero-order valence-electron chi connectivity index (χ0n) is 21.7. The highest BCUT2D eigenvalue weighted by molar-refractivity contribution is 6.07. The van der Waals surface area contributed by atoms with Crippen molar-refractivity contribution in [3.8, 4) is 11.3 Å². The fourth-order valence-electron chi connectivity index (χ4n) is 5.79. The van der Waals surface area contributed by atoms with Gasteiger partial charge in [0, 0.05) is 43.0 Å². The average molecular weight is 517 g/mol. The second-order valence-corrected chi connectivity index (χ2v) is 10.7. The molecule has 8 heteroatoms. The second-order valence-electron chi connectivity index (χ2n) is 10.7. The van der Waals surface area contributed by atoms with Crippen LogP contribution >= 0.6 is 0 Å². The molecule has 0 amide bonds. The Kier molecular flexibility index (Phi) is 6.04. The minimum atomic E-state index is -1.38. The van der Waals surface area contributed by atoms with Crippen LogP contribution in [-0.2, 0) is 17.4 Å². The van der Waals surface area contributed by atoms with Gasteiger partial charge in [0.05, 0.1) is 46.4 Å². The van der Waals surface area contributed by atoms with Crippen LogP contribution in [0.15, 0.2) is 61.2 Å². The highest BCUT2D eigenvalue weighted by Crippen LogP contribution is 2.42. The number of nitrogens with zero attached hydrogens (tertiary/aromatic N) is 4. The van der Waals surface area contributed by atoms with E-state index in [9.17, 15) is 9.50 Å². The van der Waals surface area contributed by atoms with Crippen LogP contribution in [0, 0.1) is 17.6 Å². The third-order valence-electron chi connectivity index (χ3n) is 7.70. The SMILES string of the molecule is Cn1cncc1-c1cnc2c3cc(F)c(C(C)(C)O)cc3n(C(c3ccc(F)cc3)C3CCOCC3)c2c1. The van der Waals surface area contributed by atoms with Crippen molar-refractivity contribution in [2.75, 3.05) is 13.2 Å². The molecule has 1 atom stereocenters. The third-order valence-corrected chi connectivity index (χ3v) is 7.70. The molecule has 2 aromatic carbocycles. The van der Waals surface area contributed by atoms with Gasteiger partial charge in [0.25, 0.3) is 0 Å². The molecule has 1 fully saturated rings. The Labute approximate surface area is 219 Å². The molecular formula is C30H30F2N4O2. The van der Waals surface area contributed by atoms with Crippen LogP contribution in [0.5, 0.6) is 0 Å². The van der Waals surface area contributed by atoms with Gasteiger partial charge in [0.1, 0.15) is 11.6 Å². The lowest BCUT2D eigenvalue weighted by Crippen LogP contribution is -2.27. The molecule has 5 aromatic rings. The fraction of sp³-hybridized carbons (Fsp3) is 0.333. The van der Waals surface area contributed by atoms with Crippen molar-refractivity contribution < 1.29 is 18.6 Å². The summed E-state index contributed by atoms with van der Waals surface area (Å²) in [7, 11) is 1.93. The standard InChI is InChI=1S/C30H30F2N4O2/c1-30(2,37)23-14-25-22(13-24(23)32)28-26(12-20(15-34-28)27-16-33-17-35(27)3)36(25)29(19-8-10-38-11-9-19)18-4-6-21(31)7-5-18/h4-7,12-17,19,29,37H,8-11H2,1-3H3. The highest BCUT2D eigenvalue weighted by Gasteiger charge is 2.32. The van der Waals surface area contributed by atoms with Gasteiger partial charge in [-0.1, -0.05) is 12.1 Å². The van der Waals surface area contributed by atoms with E-state index in [1.54, 1.807) is 38.6 Å². The summed E-state index contributed by atoms with van der Waals surface area (Å²) in [6.45, 7) is 4.45. The van der Waals surface area contributed by atoms with Crippen LogP contribution in [0.1, 0.15) is 43.9 Å². The van der Waals surface area contributed by atoms with Crippen molar-refractivity contribution in [2.24, 2.45) is 13.0 Å². The molecule has 0 aliphatic carbocycles. The lowest BCUT2D eigenvalue weighted by atomic mass is 9.86. The molecule has 6 rings (SSSR count). The Morgan fingerprint density at radius 3 is 2.42 bits per heavy atom. The summed E-state index contributed by atoms with van der Waals surface area (Å²) in [5, 5.41) is 11.5. The maximum absolute atomic E-state index is 15.4. The Hall–Kier alpha value is -3.62. The van der Waals surface area contributed by atoms with Gasteiger partial charge < -0.3 is 19.0 Å². The number of rotatable bonds is 5. The van der Waals surface area contributed by atoms with Gasteiger partial charge in [0.15, 0.2) is 0 Å². The van der Waals surface area contributed by atoms with Crippen molar-refractivity contribution in [3.63, 3.8) is 0 Å². The van der Waals surface area contributed by atoms with Gasteiger partial charge in [-0.15, -0.1) is 0 Å². The first kappa shape index (κ1) is 24.7. The Morgan fingerprint density at radius 2 is 1.76 bits per heavy atom. The Balaban J connectivity index is 1.71. The lowest BCUT2D eigenvalue weighted by molar-refractivity contribution is 0.0552. The predicted octanol–water partition coefficient (Wildman–Crippen LogP) is 6.11. The van der Waals surface area contributed by atoms with Crippen molar-refractivity contribution in [1.29, 1.82) is 0 Å². The molecule has 1 saturated heterocycles. The summed E-state index contributed by atoms with van der Waals surface area (Å²) in [5.74, 6) is -0.580. The molecule has 1 aliphatic heterocycles. The molecule has 6 nitrogen and oxygen atoms in total. The van der Waals surface area contributed by atoms with Gasteiger partial charge in [0.2, 0.25) is 0 Å². The van der Waals surface area contributed by atoms with Crippen LogP contribution < -0.4 is 0 Å². The predicted molar refractivity (Wildman–Crippen MR) is 143 cm³/mol. The van der Waals surface area contributed by atoms with E-state index in [0.717, 1.165) is 40.7 Å². The van der Waals surface area contributed by atoms with E-state index in [0.29, 0.717) is 24.1 Å². The minimum Gasteiger partial charge on any atom is -0.386 e. The highest BCUT2D eigenvalue weighted by atomic mass is 19.1. The van der Waals surface area contributed by atoms with Gasteiger partial charge in [-0.05, 0) is 68.5 Å². The number of aromatic nitrogens is 4. The van der Waals surface area contributed by atoms with Crippen molar-refractivity contribution in [1.82, 2.24) is 19.1 Å². The summed E-state index contributed by atoms with van der Waals surface area (Å²) in [5.41, 5.74) is 3.87. The molecule has 1 aliphatic rings. The van der Waals surface area contributed by atoms with E-state index in [4.69, 9.17) is 9.72 Å². The summed E-state index contributed by atoms with van der Waals surface area (Å²) in [6.07, 6.45) is 6.97. The number of pyridine rings is 1. The molecule has 0 radical (unpaired) electrons. The number of imidazole rings is 1. The van der Waals surface area contributed by atoms with Crippen LogP contribution in [0.25, 0.3) is 33.2 Å².